The molecule has 26 heavy (non-hydrogen) atoms. The van der Waals surface area contributed by atoms with Gasteiger partial charge in [0.05, 0.1) is 17.1 Å². The van der Waals surface area contributed by atoms with Crippen LogP contribution in [0.1, 0.15) is 30.1 Å². The molecule has 2 aliphatic rings. The van der Waals surface area contributed by atoms with E-state index in [0.717, 1.165) is 12.8 Å². The zero-order valence-corrected chi connectivity index (χ0v) is 14.4. The molecule has 4 rings (SSSR count). The molecule has 1 aliphatic carbocycles. The van der Waals surface area contributed by atoms with Gasteiger partial charge in [0.2, 0.25) is 11.5 Å². The molecule has 7 heteroatoms. The zero-order chi connectivity index (χ0) is 18.4. The Bertz CT molecular complexity index is 951. The first-order valence-corrected chi connectivity index (χ1v) is 8.81. The minimum Gasteiger partial charge on any atom is -0.347 e. The number of carbonyl (C=O) groups is 2. The van der Waals surface area contributed by atoms with Crippen LogP contribution < -0.4 is 10.9 Å². The van der Waals surface area contributed by atoms with E-state index in [1.807, 2.05) is 0 Å². The summed E-state index contributed by atoms with van der Waals surface area (Å²) in [6.45, 7) is 2.68. The molecular formula is C19H20FN3O3. The standard InChI is InChI=1S/C19H20FN3O3/c1-10(24)23-8-15(11-2-3-11)17(9-23)22-19(26)14-7-18(25)21-16-6-12(20)4-5-13(14)16/h4-7,11,15,17H,2-3,8-9H2,1H3,(H,21,25)(H,22,26)/t15-,17+/m1/s1. The number of hydrogen-bond donors (Lipinski definition) is 2. The van der Waals surface area contributed by atoms with Gasteiger partial charge in [-0.05, 0) is 37.0 Å². The van der Waals surface area contributed by atoms with Crippen LogP contribution in [0.3, 0.4) is 0 Å². The second-order valence-corrected chi connectivity index (χ2v) is 7.24. The Balaban J connectivity index is 1.63. The summed E-state index contributed by atoms with van der Waals surface area (Å²) in [6, 6.07) is 5.06. The molecular weight excluding hydrogens is 337 g/mol. The molecule has 2 aromatic rings. The highest BCUT2D eigenvalue weighted by Crippen LogP contribution is 2.41. The number of pyridine rings is 1. The summed E-state index contributed by atoms with van der Waals surface area (Å²) in [5, 5.41) is 3.50. The van der Waals surface area contributed by atoms with E-state index in [1.54, 1.807) is 4.90 Å². The van der Waals surface area contributed by atoms with E-state index >= 15 is 0 Å². The average molecular weight is 357 g/mol. The Morgan fingerprint density at radius 1 is 1.23 bits per heavy atom. The van der Waals surface area contributed by atoms with Crippen LogP contribution in [-0.2, 0) is 4.79 Å². The fourth-order valence-corrected chi connectivity index (χ4v) is 3.91. The quantitative estimate of drug-likeness (QED) is 0.876. The van der Waals surface area contributed by atoms with Crippen LogP contribution in [0.5, 0.6) is 0 Å². The Kier molecular flexibility index (Phi) is 4.01. The third-order valence-corrected chi connectivity index (χ3v) is 5.40. The maximum Gasteiger partial charge on any atom is 0.252 e. The van der Waals surface area contributed by atoms with Gasteiger partial charge in [0.25, 0.3) is 5.91 Å². The first-order chi connectivity index (χ1) is 12.4. The van der Waals surface area contributed by atoms with Gasteiger partial charge in [-0.15, -0.1) is 0 Å². The average Bonchev–Trinajstić information content (AvgIpc) is 3.34. The van der Waals surface area contributed by atoms with Crippen molar-refractivity contribution in [2.75, 3.05) is 13.1 Å². The van der Waals surface area contributed by atoms with Gasteiger partial charge in [-0.1, -0.05) is 0 Å². The second-order valence-electron chi connectivity index (χ2n) is 7.24. The highest BCUT2D eigenvalue weighted by molar-refractivity contribution is 6.06. The highest BCUT2D eigenvalue weighted by Gasteiger charge is 2.43. The predicted octanol–water partition coefficient (Wildman–Crippen LogP) is 1.65. The number of likely N-dealkylation sites (tertiary alicyclic amines) is 1. The lowest BCUT2D eigenvalue weighted by Crippen LogP contribution is -2.41. The number of amides is 2. The first-order valence-electron chi connectivity index (χ1n) is 8.81. The van der Waals surface area contributed by atoms with Gasteiger partial charge in [0.1, 0.15) is 5.82 Å². The second kappa shape index (κ2) is 6.23. The molecule has 2 atom stereocenters. The Hall–Kier alpha value is -2.70. The summed E-state index contributed by atoms with van der Waals surface area (Å²) in [7, 11) is 0. The molecule has 136 valence electrons. The van der Waals surface area contributed by atoms with Crippen molar-refractivity contribution in [2.24, 2.45) is 11.8 Å². The number of aromatic amines is 1. The van der Waals surface area contributed by atoms with Crippen LogP contribution >= 0.6 is 0 Å². The molecule has 1 aromatic carbocycles. The smallest absolute Gasteiger partial charge is 0.252 e. The number of fused-ring (bicyclic) bond motifs is 1. The van der Waals surface area contributed by atoms with E-state index in [-0.39, 0.29) is 34.9 Å². The first kappa shape index (κ1) is 16.8. The van der Waals surface area contributed by atoms with Gasteiger partial charge >= 0.3 is 0 Å². The molecule has 0 unspecified atom stereocenters. The van der Waals surface area contributed by atoms with Crippen LogP contribution in [0, 0.1) is 17.7 Å². The number of nitrogens with one attached hydrogen (secondary N) is 2. The summed E-state index contributed by atoms with van der Waals surface area (Å²) < 4.78 is 13.4. The van der Waals surface area contributed by atoms with Crippen LogP contribution in [0.2, 0.25) is 0 Å². The van der Waals surface area contributed by atoms with Gasteiger partial charge in [-0.2, -0.15) is 0 Å². The van der Waals surface area contributed by atoms with Crippen molar-refractivity contribution in [3.63, 3.8) is 0 Å². The van der Waals surface area contributed by atoms with E-state index < -0.39 is 11.4 Å². The van der Waals surface area contributed by atoms with Crippen LogP contribution in [0.25, 0.3) is 10.9 Å². The summed E-state index contributed by atoms with van der Waals surface area (Å²) in [5.74, 6) is -0.0612. The molecule has 1 saturated heterocycles. The van der Waals surface area contributed by atoms with Gasteiger partial charge in [-0.25, -0.2) is 4.39 Å². The number of hydrogen-bond acceptors (Lipinski definition) is 3. The third kappa shape index (κ3) is 3.09. The lowest BCUT2D eigenvalue weighted by atomic mass is 9.97. The fraction of sp³-hybridized carbons (Fsp3) is 0.421. The number of benzene rings is 1. The maximum atomic E-state index is 13.4. The van der Waals surface area contributed by atoms with Crippen LogP contribution in [0.15, 0.2) is 29.1 Å². The van der Waals surface area contributed by atoms with E-state index in [2.05, 4.69) is 10.3 Å². The number of aromatic nitrogens is 1. The maximum absolute atomic E-state index is 13.4. The van der Waals surface area contributed by atoms with E-state index in [1.165, 1.54) is 31.2 Å². The lowest BCUT2D eigenvalue weighted by molar-refractivity contribution is -0.128. The largest absolute Gasteiger partial charge is 0.347 e. The number of halogens is 1. The highest BCUT2D eigenvalue weighted by atomic mass is 19.1. The van der Waals surface area contributed by atoms with Crippen molar-refractivity contribution in [1.82, 2.24) is 15.2 Å². The Morgan fingerprint density at radius 2 is 2.00 bits per heavy atom. The molecule has 1 saturated carbocycles. The molecule has 6 nitrogen and oxygen atoms in total. The number of rotatable bonds is 3. The third-order valence-electron chi connectivity index (χ3n) is 5.40. The van der Waals surface area contributed by atoms with Crippen molar-refractivity contribution in [3.05, 3.63) is 46.0 Å². The van der Waals surface area contributed by atoms with Crippen molar-refractivity contribution >= 4 is 22.7 Å². The van der Waals surface area contributed by atoms with Crippen LogP contribution in [-0.4, -0.2) is 40.8 Å². The van der Waals surface area contributed by atoms with Gasteiger partial charge in [0, 0.05) is 37.4 Å². The van der Waals surface area contributed by atoms with Crippen LogP contribution in [0.4, 0.5) is 4.39 Å². The fourth-order valence-electron chi connectivity index (χ4n) is 3.91. The molecule has 2 heterocycles. The van der Waals surface area contributed by atoms with E-state index in [9.17, 15) is 18.8 Å². The number of H-pyrrole nitrogens is 1. The Labute approximate surface area is 149 Å². The summed E-state index contributed by atoms with van der Waals surface area (Å²) in [4.78, 5) is 40.8. The van der Waals surface area contributed by atoms with E-state index in [0.29, 0.717) is 24.4 Å². The van der Waals surface area contributed by atoms with Crippen molar-refractivity contribution < 1.29 is 14.0 Å². The zero-order valence-electron chi connectivity index (χ0n) is 14.4. The minimum absolute atomic E-state index is 0.00415. The molecule has 2 fully saturated rings. The van der Waals surface area contributed by atoms with Crippen molar-refractivity contribution in [2.45, 2.75) is 25.8 Å². The molecule has 0 radical (unpaired) electrons. The Morgan fingerprint density at radius 3 is 2.69 bits per heavy atom. The summed E-state index contributed by atoms with van der Waals surface area (Å²) in [5.41, 5.74) is 0.0570. The summed E-state index contributed by atoms with van der Waals surface area (Å²) in [6.07, 6.45) is 2.24. The SMILES string of the molecule is CC(=O)N1C[C@H](NC(=O)c2cc(=O)[nH]c3cc(F)ccc23)[C@@H](C2CC2)C1. The van der Waals surface area contributed by atoms with Gasteiger partial charge in [0.15, 0.2) is 0 Å². The van der Waals surface area contributed by atoms with Crippen molar-refractivity contribution in [3.8, 4) is 0 Å². The summed E-state index contributed by atoms with van der Waals surface area (Å²) >= 11 is 0. The molecule has 1 aromatic heterocycles. The number of nitrogens with zero attached hydrogens (tertiary/aromatic N) is 1. The number of carbonyl (C=O) groups excluding carboxylic acids is 2. The van der Waals surface area contributed by atoms with E-state index in [4.69, 9.17) is 0 Å². The molecule has 2 N–H and O–H groups in total. The van der Waals surface area contributed by atoms with Crippen molar-refractivity contribution in [1.29, 1.82) is 0 Å². The molecule has 1 aliphatic heterocycles. The monoisotopic (exact) mass is 357 g/mol. The predicted molar refractivity (Wildman–Crippen MR) is 94.2 cm³/mol. The lowest BCUT2D eigenvalue weighted by Gasteiger charge is -2.19. The molecule has 0 spiro atoms. The molecule has 2 amide bonds. The minimum atomic E-state index is -0.479. The van der Waals surface area contributed by atoms with Gasteiger partial charge in [-0.3, -0.25) is 14.4 Å². The topological polar surface area (TPSA) is 82.3 Å². The van der Waals surface area contributed by atoms with Gasteiger partial charge < -0.3 is 15.2 Å². The molecule has 0 bridgehead atoms. The normalized spacial score (nSPS) is 22.6.